The normalized spacial score (nSPS) is 14.2. The highest BCUT2D eigenvalue weighted by Gasteiger charge is 2.19. The molecule has 0 saturated carbocycles. The second kappa shape index (κ2) is 7.89. The Morgan fingerprint density at radius 3 is 2.14 bits per heavy atom. The molecule has 0 atom stereocenters. The van der Waals surface area contributed by atoms with Crippen LogP contribution in [-0.2, 0) is 0 Å². The quantitative estimate of drug-likeness (QED) is 0.731. The molecule has 1 fully saturated rings. The van der Waals surface area contributed by atoms with Crippen molar-refractivity contribution in [2.45, 2.75) is 20.8 Å². The Labute approximate surface area is 167 Å². The van der Waals surface area contributed by atoms with Gasteiger partial charge in [0.05, 0.1) is 0 Å². The molecule has 144 valence electrons. The largest absolute Gasteiger partial charge is 0.368 e. The molecule has 0 bridgehead atoms. The van der Waals surface area contributed by atoms with Gasteiger partial charge in [0.25, 0.3) is 0 Å². The molecule has 2 aromatic carbocycles. The predicted molar refractivity (Wildman–Crippen MR) is 117 cm³/mol. The zero-order valence-electron chi connectivity index (χ0n) is 16.8. The minimum Gasteiger partial charge on any atom is -0.368 e. The van der Waals surface area contributed by atoms with E-state index >= 15 is 0 Å². The van der Waals surface area contributed by atoms with Gasteiger partial charge in [-0.3, -0.25) is 0 Å². The first-order chi connectivity index (χ1) is 13.6. The van der Waals surface area contributed by atoms with Crippen molar-refractivity contribution >= 4 is 23.1 Å². The minimum absolute atomic E-state index is 0.792. The van der Waals surface area contributed by atoms with Crippen LogP contribution in [0.4, 0.5) is 23.1 Å². The number of rotatable bonds is 4. The third-order valence-corrected chi connectivity index (χ3v) is 5.26. The Morgan fingerprint density at radius 1 is 0.821 bits per heavy atom. The number of benzene rings is 2. The molecule has 0 aliphatic carbocycles. The molecule has 28 heavy (non-hydrogen) atoms. The summed E-state index contributed by atoms with van der Waals surface area (Å²) in [6.45, 7) is 10.2. The number of anilines is 4. The standard InChI is InChI=1S/C23H27N5/c1-17-15-18(2)22(19(3)16-17)25-21-9-10-24-23(26-21)28-13-11-27(12-14-28)20-7-5-4-6-8-20/h4-10,15-16H,11-14H2,1-3H3,(H,24,25,26). The summed E-state index contributed by atoms with van der Waals surface area (Å²) in [6.07, 6.45) is 1.84. The summed E-state index contributed by atoms with van der Waals surface area (Å²) in [7, 11) is 0. The van der Waals surface area contributed by atoms with Crippen molar-refractivity contribution in [2.75, 3.05) is 41.3 Å². The van der Waals surface area contributed by atoms with Crippen molar-refractivity contribution in [1.82, 2.24) is 9.97 Å². The third kappa shape index (κ3) is 3.93. The van der Waals surface area contributed by atoms with Crippen molar-refractivity contribution in [3.05, 3.63) is 71.4 Å². The van der Waals surface area contributed by atoms with Crippen LogP contribution >= 0.6 is 0 Å². The molecule has 1 N–H and O–H groups in total. The van der Waals surface area contributed by atoms with Crippen LogP contribution in [0.5, 0.6) is 0 Å². The molecule has 1 saturated heterocycles. The molecule has 0 unspecified atom stereocenters. The Balaban J connectivity index is 1.46. The first kappa shape index (κ1) is 18.3. The van der Waals surface area contributed by atoms with E-state index in [1.54, 1.807) is 0 Å². The van der Waals surface area contributed by atoms with E-state index in [2.05, 4.69) is 83.3 Å². The van der Waals surface area contributed by atoms with E-state index in [4.69, 9.17) is 4.98 Å². The monoisotopic (exact) mass is 373 g/mol. The maximum atomic E-state index is 4.78. The highest BCUT2D eigenvalue weighted by molar-refractivity contribution is 5.65. The molecule has 0 radical (unpaired) electrons. The van der Waals surface area contributed by atoms with Crippen LogP contribution in [0.2, 0.25) is 0 Å². The number of aryl methyl sites for hydroxylation is 3. The number of nitrogens with one attached hydrogen (secondary N) is 1. The van der Waals surface area contributed by atoms with Crippen molar-refractivity contribution < 1.29 is 0 Å². The highest BCUT2D eigenvalue weighted by Crippen LogP contribution is 2.26. The fourth-order valence-electron chi connectivity index (χ4n) is 3.88. The summed E-state index contributed by atoms with van der Waals surface area (Å²) in [5.41, 5.74) is 6.15. The van der Waals surface area contributed by atoms with Crippen molar-refractivity contribution in [1.29, 1.82) is 0 Å². The molecule has 4 rings (SSSR count). The second-order valence-corrected chi connectivity index (χ2v) is 7.45. The number of aromatic nitrogens is 2. The van der Waals surface area contributed by atoms with Gasteiger partial charge in [0.2, 0.25) is 5.95 Å². The van der Waals surface area contributed by atoms with Gasteiger partial charge in [0.1, 0.15) is 5.82 Å². The predicted octanol–water partition coefficient (Wildman–Crippen LogP) is 4.47. The smallest absolute Gasteiger partial charge is 0.227 e. The van der Waals surface area contributed by atoms with E-state index in [0.29, 0.717) is 0 Å². The topological polar surface area (TPSA) is 44.3 Å². The molecule has 2 heterocycles. The molecule has 3 aromatic rings. The van der Waals surface area contributed by atoms with E-state index in [0.717, 1.165) is 43.6 Å². The van der Waals surface area contributed by atoms with Crippen LogP contribution < -0.4 is 15.1 Å². The van der Waals surface area contributed by atoms with Crippen LogP contribution in [0.25, 0.3) is 0 Å². The number of hydrogen-bond acceptors (Lipinski definition) is 5. The van der Waals surface area contributed by atoms with Gasteiger partial charge < -0.3 is 15.1 Å². The molecule has 1 aromatic heterocycles. The Morgan fingerprint density at radius 2 is 1.46 bits per heavy atom. The zero-order chi connectivity index (χ0) is 19.5. The van der Waals surface area contributed by atoms with E-state index in [-0.39, 0.29) is 0 Å². The van der Waals surface area contributed by atoms with Gasteiger partial charge in [0, 0.05) is 43.8 Å². The van der Waals surface area contributed by atoms with Crippen molar-refractivity contribution in [3.8, 4) is 0 Å². The second-order valence-electron chi connectivity index (χ2n) is 7.45. The zero-order valence-corrected chi connectivity index (χ0v) is 16.8. The number of hydrogen-bond donors (Lipinski definition) is 1. The highest BCUT2D eigenvalue weighted by atomic mass is 15.3. The van der Waals surface area contributed by atoms with Gasteiger partial charge in [-0.15, -0.1) is 0 Å². The van der Waals surface area contributed by atoms with Gasteiger partial charge in [0.15, 0.2) is 0 Å². The summed E-state index contributed by atoms with van der Waals surface area (Å²) in [6, 6.07) is 16.9. The summed E-state index contributed by atoms with van der Waals surface area (Å²) >= 11 is 0. The molecule has 5 nitrogen and oxygen atoms in total. The Bertz CT molecular complexity index is 923. The first-order valence-corrected chi connectivity index (χ1v) is 9.83. The number of nitrogens with zero attached hydrogens (tertiary/aromatic N) is 4. The molecule has 0 amide bonds. The Hall–Kier alpha value is -3.08. The lowest BCUT2D eigenvalue weighted by Gasteiger charge is -2.36. The number of para-hydroxylation sites is 1. The van der Waals surface area contributed by atoms with Gasteiger partial charge in [-0.25, -0.2) is 4.98 Å². The van der Waals surface area contributed by atoms with Crippen LogP contribution in [0.3, 0.4) is 0 Å². The lowest BCUT2D eigenvalue weighted by atomic mass is 10.1. The van der Waals surface area contributed by atoms with Gasteiger partial charge in [-0.2, -0.15) is 4.98 Å². The molecule has 1 aliphatic rings. The van der Waals surface area contributed by atoms with E-state index in [1.807, 2.05) is 12.3 Å². The molecule has 5 heteroatoms. The lowest BCUT2D eigenvalue weighted by molar-refractivity contribution is 0.640. The molecule has 0 spiro atoms. The van der Waals surface area contributed by atoms with Gasteiger partial charge in [-0.1, -0.05) is 35.9 Å². The minimum atomic E-state index is 0.792. The molecular weight excluding hydrogens is 346 g/mol. The molecular formula is C23H27N5. The average molecular weight is 374 g/mol. The first-order valence-electron chi connectivity index (χ1n) is 9.83. The average Bonchev–Trinajstić information content (AvgIpc) is 2.72. The fraction of sp³-hybridized carbons (Fsp3) is 0.304. The lowest BCUT2D eigenvalue weighted by Crippen LogP contribution is -2.47. The van der Waals surface area contributed by atoms with Crippen LogP contribution in [0.15, 0.2) is 54.7 Å². The van der Waals surface area contributed by atoms with Crippen molar-refractivity contribution in [2.24, 2.45) is 0 Å². The fourth-order valence-corrected chi connectivity index (χ4v) is 3.88. The molecule has 1 aliphatic heterocycles. The van der Waals surface area contributed by atoms with E-state index in [1.165, 1.54) is 22.4 Å². The van der Waals surface area contributed by atoms with Crippen LogP contribution in [-0.4, -0.2) is 36.1 Å². The van der Waals surface area contributed by atoms with Crippen molar-refractivity contribution in [3.63, 3.8) is 0 Å². The summed E-state index contributed by atoms with van der Waals surface area (Å²) in [5.74, 6) is 1.63. The Kier molecular flexibility index (Phi) is 5.15. The third-order valence-electron chi connectivity index (χ3n) is 5.26. The van der Waals surface area contributed by atoms with Gasteiger partial charge in [-0.05, 0) is 50.1 Å². The van der Waals surface area contributed by atoms with E-state index < -0.39 is 0 Å². The maximum absolute atomic E-state index is 4.78. The van der Waals surface area contributed by atoms with E-state index in [9.17, 15) is 0 Å². The van der Waals surface area contributed by atoms with Gasteiger partial charge >= 0.3 is 0 Å². The SMILES string of the molecule is Cc1cc(C)c(Nc2ccnc(N3CCN(c4ccccc4)CC3)n2)c(C)c1. The summed E-state index contributed by atoms with van der Waals surface area (Å²) in [4.78, 5) is 14.0. The number of piperazine rings is 1. The summed E-state index contributed by atoms with van der Waals surface area (Å²) in [5, 5.41) is 3.49. The summed E-state index contributed by atoms with van der Waals surface area (Å²) < 4.78 is 0. The van der Waals surface area contributed by atoms with Crippen LogP contribution in [0, 0.1) is 20.8 Å². The van der Waals surface area contributed by atoms with Crippen LogP contribution in [0.1, 0.15) is 16.7 Å². The maximum Gasteiger partial charge on any atom is 0.227 e.